The zero-order valence-electron chi connectivity index (χ0n) is 17.2. The Balaban J connectivity index is 3.41. The second-order valence-electron chi connectivity index (χ2n) is 8.58. The Labute approximate surface area is 165 Å². The van der Waals surface area contributed by atoms with Crippen molar-refractivity contribution in [2.75, 3.05) is 19.1 Å². The number of rotatable bonds is 5. The lowest BCUT2D eigenvalue weighted by Gasteiger charge is -2.53. The van der Waals surface area contributed by atoms with E-state index in [2.05, 4.69) is 0 Å². The summed E-state index contributed by atoms with van der Waals surface area (Å²) in [5.41, 5.74) is -2.27. The monoisotopic (exact) mass is 445 g/mol. The summed E-state index contributed by atoms with van der Waals surface area (Å²) < 4.78 is 63.3. The van der Waals surface area contributed by atoms with Crippen molar-refractivity contribution in [3.8, 4) is 0 Å². The quantitative estimate of drug-likeness (QED) is 0.435. The maximum Gasteiger partial charge on any atom is 0.410 e. The minimum atomic E-state index is -3.95. The van der Waals surface area contributed by atoms with Gasteiger partial charge < -0.3 is 9.64 Å². The normalized spacial score (nSPS) is 30.3. The highest BCUT2D eigenvalue weighted by Gasteiger charge is 2.55. The summed E-state index contributed by atoms with van der Waals surface area (Å²) in [5.74, 6) is 0. The van der Waals surface area contributed by atoms with Crippen LogP contribution in [-0.4, -0.2) is 79.6 Å². The van der Waals surface area contributed by atoms with Crippen molar-refractivity contribution >= 4 is 36.6 Å². The van der Waals surface area contributed by atoms with Crippen LogP contribution in [0.3, 0.4) is 0 Å². The number of likely N-dealkylation sites (tertiary alicyclic amines) is 1. The fraction of sp³-hybridized carbons (Fsp3) is 0.933. The van der Waals surface area contributed by atoms with Crippen LogP contribution in [0.5, 0.6) is 0 Å². The summed E-state index contributed by atoms with van der Waals surface area (Å²) in [6.07, 6.45) is 0.361. The highest BCUT2D eigenvalue weighted by Crippen LogP contribution is 2.40. The van der Waals surface area contributed by atoms with Crippen LogP contribution in [0.25, 0.3) is 0 Å². The molecular formula is C15H31NO8S2Si. The molecule has 3 atom stereocenters. The Morgan fingerprint density at radius 2 is 1.70 bits per heavy atom. The molecule has 1 saturated heterocycles. The maximum absolute atomic E-state index is 12.8. The minimum absolute atomic E-state index is 0.106. The van der Waals surface area contributed by atoms with Gasteiger partial charge in [0.25, 0.3) is 20.2 Å². The third kappa shape index (κ3) is 7.00. The van der Waals surface area contributed by atoms with Gasteiger partial charge in [-0.2, -0.15) is 16.8 Å². The molecule has 1 fully saturated rings. The molecule has 1 aliphatic heterocycles. The van der Waals surface area contributed by atoms with Gasteiger partial charge in [0, 0.05) is 15.4 Å². The molecule has 27 heavy (non-hydrogen) atoms. The first-order chi connectivity index (χ1) is 11.8. The second kappa shape index (κ2) is 7.62. The van der Waals surface area contributed by atoms with Crippen molar-refractivity contribution in [1.82, 2.24) is 4.90 Å². The number of carbonyl (C=O) groups excluding carboxylic acids is 1. The van der Waals surface area contributed by atoms with Crippen molar-refractivity contribution < 1.29 is 34.7 Å². The van der Waals surface area contributed by atoms with Crippen LogP contribution in [-0.2, 0) is 33.3 Å². The lowest BCUT2D eigenvalue weighted by molar-refractivity contribution is -0.112. The van der Waals surface area contributed by atoms with Gasteiger partial charge in [-0.25, -0.2) is 4.79 Å². The van der Waals surface area contributed by atoms with Gasteiger partial charge in [-0.3, -0.25) is 8.37 Å². The molecule has 0 aromatic rings. The fourth-order valence-corrected chi connectivity index (χ4v) is 5.33. The van der Waals surface area contributed by atoms with Crippen LogP contribution in [0.4, 0.5) is 4.79 Å². The van der Waals surface area contributed by atoms with E-state index in [9.17, 15) is 21.6 Å². The molecule has 1 rings (SSSR count). The van der Waals surface area contributed by atoms with E-state index in [1.165, 1.54) is 4.90 Å². The van der Waals surface area contributed by atoms with Crippen molar-refractivity contribution in [2.24, 2.45) is 0 Å². The zero-order chi connectivity index (χ0) is 21.5. The number of carbonyl (C=O) groups is 1. The first-order valence-corrected chi connectivity index (χ1v) is 13.2. The van der Waals surface area contributed by atoms with Gasteiger partial charge in [-0.05, 0) is 40.5 Å². The third-order valence-electron chi connectivity index (χ3n) is 4.25. The first-order valence-electron chi connectivity index (χ1n) is 8.60. The van der Waals surface area contributed by atoms with Crippen LogP contribution in [0.1, 0.15) is 47.5 Å². The van der Waals surface area contributed by atoms with Crippen LogP contribution >= 0.6 is 0 Å². The van der Waals surface area contributed by atoms with E-state index in [0.717, 1.165) is 12.5 Å². The maximum atomic E-state index is 12.8. The van der Waals surface area contributed by atoms with Gasteiger partial charge in [-0.15, -0.1) is 0 Å². The van der Waals surface area contributed by atoms with E-state index in [-0.39, 0.29) is 19.4 Å². The largest absolute Gasteiger partial charge is 0.444 e. The predicted molar refractivity (Wildman–Crippen MR) is 105 cm³/mol. The molecule has 0 bridgehead atoms. The van der Waals surface area contributed by atoms with Gasteiger partial charge in [0.15, 0.2) is 0 Å². The Kier molecular flexibility index (Phi) is 6.87. The van der Waals surface area contributed by atoms with Gasteiger partial charge in [0.05, 0.1) is 19.1 Å². The van der Waals surface area contributed by atoms with Gasteiger partial charge in [0.2, 0.25) is 0 Å². The summed E-state index contributed by atoms with van der Waals surface area (Å²) in [7, 11) is -7.34. The summed E-state index contributed by atoms with van der Waals surface area (Å²) in [4.78, 5) is 14.2. The van der Waals surface area contributed by atoms with Gasteiger partial charge >= 0.3 is 6.09 Å². The van der Waals surface area contributed by atoms with E-state index < -0.39 is 48.8 Å². The van der Waals surface area contributed by atoms with Crippen molar-refractivity contribution in [3.05, 3.63) is 0 Å². The molecule has 12 heteroatoms. The zero-order valence-corrected chi connectivity index (χ0v) is 20.9. The number of nitrogens with zero attached hydrogens (tertiary/aromatic N) is 1. The molecule has 160 valence electrons. The molecule has 0 N–H and O–H groups in total. The SMILES string of the molecule is CC[C@@]1(OS(C)(=O)=O)CN(C(=O)OC(C)(C)C)C(C)([SiH3])C[C@@H]1OS(C)(=O)=O. The van der Waals surface area contributed by atoms with Gasteiger partial charge in [0.1, 0.15) is 17.3 Å². The fourth-order valence-electron chi connectivity index (χ4n) is 3.07. The average Bonchev–Trinajstić information content (AvgIpc) is 2.36. The Morgan fingerprint density at radius 1 is 1.19 bits per heavy atom. The minimum Gasteiger partial charge on any atom is -0.444 e. The molecule has 0 saturated carbocycles. The highest BCUT2D eigenvalue weighted by atomic mass is 32.2. The molecule has 0 aliphatic carbocycles. The van der Waals surface area contributed by atoms with E-state index in [1.807, 2.05) is 0 Å². The molecule has 0 radical (unpaired) electrons. The molecule has 0 aromatic carbocycles. The molecular weight excluding hydrogens is 414 g/mol. The number of amides is 1. The van der Waals surface area contributed by atoms with E-state index in [4.69, 9.17) is 13.1 Å². The van der Waals surface area contributed by atoms with Crippen LogP contribution in [0.2, 0.25) is 0 Å². The molecule has 9 nitrogen and oxygen atoms in total. The summed E-state index contributed by atoms with van der Waals surface area (Å²) in [6, 6.07) is 0. The molecule has 1 heterocycles. The molecule has 1 amide bonds. The van der Waals surface area contributed by atoms with Crippen molar-refractivity contribution in [3.63, 3.8) is 0 Å². The number of hydrogen-bond donors (Lipinski definition) is 0. The number of piperidine rings is 1. The predicted octanol–water partition coefficient (Wildman–Crippen LogP) is 0.179. The van der Waals surface area contributed by atoms with Crippen LogP contribution in [0, 0.1) is 0 Å². The molecule has 1 unspecified atom stereocenters. The van der Waals surface area contributed by atoms with E-state index >= 15 is 0 Å². The Bertz CT molecular complexity index is 772. The number of ether oxygens (including phenoxy) is 1. The lowest BCUT2D eigenvalue weighted by atomic mass is 9.84. The van der Waals surface area contributed by atoms with Crippen LogP contribution in [0.15, 0.2) is 0 Å². The average molecular weight is 446 g/mol. The lowest BCUT2D eigenvalue weighted by Crippen LogP contribution is -2.68. The van der Waals surface area contributed by atoms with Gasteiger partial charge in [-0.1, -0.05) is 6.92 Å². The topological polar surface area (TPSA) is 116 Å². The van der Waals surface area contributed by atoms with E-state index in [0.29, 0.717) is 10.2 Å². The smallest absolute Gasteiger partial charge is 0.410 e. The van der Waals surface area contributed by atoms with E-state index in [1.54, 1.807) is 34.6 Å². The molecule has 0 aromatic heterocycles. The third-order valence-corrected chi connectivity index (χ3v) is 6.41. The Morgan fingerprint density at radius 3 is 2.07 bits per heavy atom. The number of hydrogen-bond acceptors (Lipinski definition) is 8. The first kappa shape index (κ1) is 24.3. The molecule has 0 spiro atoms. The highest BCUT2D eigenvalue weighted by molar-refractivity contribution is 7.86. The second-order valence-corrected chi connectivity index (χ2v) is 13.9. The van der Waals surface area contributed by atoms with Crippen molar-refractivity contribution in [2.45, 2.75) is 69.9 Å². The molecule has 1 aliphatic rings. The summed E-state index contributed by atoms with van der Waals surface area (Å²) in [5, 5.41) is -0.711. The summed E-state index contributed by atoms with van der Waals surface area (Å²) in [6.45, 7) is 8.49. The van der Waals surface area contributed by atoms with Crippen LogP contribution < -0.4 is 0 Å². The Hall–Kier alpha value is -0.693. The van der Waals surface area contributed by atoms with Crippen molar-refractivity contribution in [1.29, 1.82) is 0 Å². The summed E-state index contributed by atoms with van der Waals surface area (Å²) >= 11 is 0. The standard InChI is InChI=1S/C15H31NO8S2Si/c1-8-15(24-26(7,20)21)10-16(12(17)22-13(2,3)4)14(5,27)9-11(15)23-25(6,18)19/h11H,8-10H2,1-7,27H3/t11-,14?,15+/m0/s1.